The van der Waals surface area contributed by atoms with Gasteiger partial charge in [0.25, 0.3) is 5.91 Å². The molecular weight excluding hydrogens is 424 g/mol. The summed E-state index contributed by atoms with van der Waals surface area (Å²) in [5, 5.41) is 6.20. The van der Waals surface area contributed by atoms with Crippen molar-refractivity contribution in [3.05, 3.63) is 112 Å². The van der Waals surface area contributed by atoms with Crippen molar-refractivity contribution in [3.63, 3.8) is 0 Å². The number of carbonyl (C=O) groups is 2. The molecule has 0 spiro atoms. The number of hydrogen-bond donors (Lipinski definition) is 1. The molecule has 0 saturated carbocycles. The Hall–Kier alpha value is -3.96. The van der Waals surface area contributed by atoms with E-state index in [1.807, 2.05) is 49.4 Å². The van der Waals surface area contributed by atoms with E-state index in [1.54, 1.807) is 42.5 Å². The molecule has 0 aliphatic carbocycles. The van der Waals surface area contributed by atoms with Gasteiger partial charge in [0, 0.05) is 5.56 Å². The Morgan fingerprint density at radius 2 is 1.62 bits per heavy atom. The van der Waals surface area contributed by atoms with E-state index in [0.717, 1.165) is 16.3 Å². The highest BCUT2D eigenvalue weighted by molar-refractivity contribution is 6.33. The molecule has 4 aromatic carbocycles. The van der Waals surface area contributed by atoms with Crippen LogP contribution in [-0.4, -0.2) is 18.1 Å². The highest BCUT2D eigenvalue weighted by Gasteiger charge is 2.14. The maximum Gasteiger partial charge on any atom is 0.343 e. The Morgan fingerprint density at radius 1 is 0.906 bits per heavy atom. The van der Waals surface area contributed by atoms with Crippen LogP contribution < -0.4 is 10.2 Å². The fourth-order valence-electron chi connectivity index (χ4n) is 3.21. The molecule has 32 heavy (non-hydrogen) atoms. The van der Waals surface area contributed by atoms with Gasteiger partial charge in [-0.3, -0.25) is 4.79 Å². The highest BCUT2D eigenvalue weighted by Crippen LogP contribution is 2.27. The smallest absolute Gasteiger partial charge is 0.343 e. The van der Waals surface area contributed by atoms with Crippen LogP contribution in [0.2, 0.25) is 5.02 Å². The normalized spacial score (nSPS) is 10.9. The zero-order chi connectivity index (χ0) is 22.5. The van der Waals surface area contributed by atoms with Crippen molar-refractivity contribution < 1.29 is 14.3 Å². The van der Waals surface area contributed by atoms with Crippen molar-refractivity contribution in [1.29, 1.82) is 0 Å². The van der Waals surface area contributed by atoms with Crippen LogP contribution in [-0.2, 0) is 0 Å². The second-order valence-electron chi connectivity index (χ2n) is 7.13. The second kappa shape index (κ2) is 9.45. The van der Waals surface area contributed by atoms with Crippen LogP contribution in [0.1, 0.15) is 31.8 Å². The largest absolute Gasteiger partial charge is 0.422 e. The minimum atomic E-state index is -0.477. The third-order valence-electron chi connectivity index (χ3n) is 4.90. The molecule has 6 heteroatoms. The number of nitrogens with one attached hydrogen (secondary N) is 1. The Labute approximate surface area is 190 Å². The third kappa shape index (κ3) is 4.68. The summed E-state index contributed by atoms with van der Waals surface area (Å²) in [6.45, 7) is 1.95. The first-order valence-corrected chi connectivity index (χ1v) is 10.3. The Morgan fingerprint density at radius 3 is 2.41 bits per heavy atom. The van der Waals surface area contributed by atoms with Crippen molar-refractivity contribution in [2.45, 2.75) is 6.92 Å². The van der Waals surface area contributed by atoms with E-state index in [-0.39, 0.29) is 0 Å². The van der Waals surface area contributed by atoms with Crippen molar-refractivity contribution in [2.75, 3.05) is 0 Å². The van der Waals surface area contributed by atoms with Crippen molar-refractivity contribution in [3.8, 4) is 5.75 Å². The second-order valence-corrected chi connectivity index (χ2v) is 7.54. The minimum absolute atomic E-state index is 0.315. The van der Waals surface area contributed by atoms with E-state index in [4.69, 9.17) is 16.3 Å². The predicted molar refractivity (Wildman–Crippen MR) is 127 cm³/mol. The molecule has 1 amide bonds. The molecule has 5 nitrogen and oxygen atoms in total. The number of hydrogen-bond acceptors (Lipinski definition) is 4. The van der Waals surface area contributed by atoms with Crippen LogP contribution >= 0.6 is 11.6 Å². The first kappa shape index (κ1) is 21.3. The van der Waals surface area contributed by atoms with Gasteiger partial charge in [-0.15, -0.1) is 0 Å². The molecule has 0 bridgehead atoms. The number of esters is 1. The quantitative estimate of drug-likeness (QED) is 0.184. The zero-order valence-corrected chi connectivity index (χ0v) is 18.0. The molecule has 4 aromatic rings. The average molecular weight is 443 g/mol. The predicted octanol–water partition coefficient (Wildman–Crippen LogP) is 5.78. The lowest BCUT2D eigenvalue weighted by molar-refractivity contribution is 0.0734. The number of rotatable bonds is 5. The molecule has 0 heterocycles. The first-order valence-electron chi connectivity index (χ1n) is 9.91. The number of amides is 1. The fraction of sp³-hybridized carbons (Fsp3) is 0.0385. The maximum absolute atomic E-state index is 12.7. The Balaban J connectivity index is 1.63. The van der Waals surface area contributed by atoms with Gasteiger partial charge < -0.3 is 4.74 Å². The highest BCUT2D eigenvalue weighted by atomic mass is 35.5. The van der Waals surface area contributed by atoms with Gasteiger partial charge in [0.1, 0.15) is 5.75 Å². The summed E-state index contributed by atoms with van der Waals surface area (Å²) < 4.78 is 5.68. The van der Waals surface area contributed by atoms with Crippen LogP contribution in [0, 0.1) is 6.92 Å². The molecular formula is C26H19ClN2O3. The molecule has 0 unspecified atom stereocenters. The number of carbonyl (C=O) groups excluding carboxylic acids is 2. The van der Waals surface area contributed by atoms with Gasteiger partial charge in [-0.1, -0.05) is 71.8 Å². The van der Waals surface area contributed by atoms with E-state index in [1.165, 1.54) is 6.21 Å². The number of nitrogens with zero attached hydrogens (tertiary/aromatic N) is 1. The standard InChI is InChI=1S/C26H19ClN2O3/c1-17-10-12-19(13-11-17)26(31)32-24-15-14-18-6-2-3-7-20(18)22(24)16-28-29-25(30)21-8-4-5-9-23(21)27/h2-16H,1H3,(H,29,30)/b28-16+. The van der Waals surface area contributed by atoms with Gasteiger partial charge in [0.2, 0.25) is 0 Å². The molecule has 0 aliphatic heterocycles. The maximum atomic E-state index is 12.7. The number of aryl methyl sites for hydroxylation is 1. The van der Waals surface area contributed by atoms with Crippen molar-refractivity contribution >= 4 is 40.5 Å². The van der Waals surface area contributed by atoms with Gasteiger partial charge in [-0.25, -0.2) is 10.2 Å². The summed E-state index contributed by atoms with van der Waals surface area (Å²) in [6.07, 6.45) is 1.47. The van der Waals surface area contributed by atoms with E-state index < -0.39 is 11.9 Å². The van der Waals surface area contributed by atoms with Gasteiger partial charge in [-0.05, 0) is 48.0 Å². The number of halogens is 1. The number of ether oxygens (including phenoxy) is 1. The lowest BCUT2D eigenvalue weighted by Crippen LogP contribution is -2.18. The molecule has 1 N–H and O–H groups in total. The fourth-order valence-corrected chi connectivity index (χ4v) is 3.43. The number of benzene rings is 4. The van der Waals surface area contributed by atoms with Crippen LogP contribution in [0.15, 0.2) is 90.0 Å². The van der Waals surface area contributed by atoms with E-state index in [2.05, 4.69) is 10.5 Å². The topological polar surface area (TPSA) is 67.8 Å². The molecule has 0 saturated heterocycles. The van der Waals surface area contributed by atoms with Gasteiger partial charge in [-0.2, -0.15) is 5.10 Å². The Bertz CT molecular complexity index is 1330. The van der Waals surface area contributed by atoms with Gasteiger partial charge in [0.05, 0.1) is 22.4 Å². The van der Waals surface area contributed by atoms with Crippen LogP contribution in [0.25, 0.3) is 10.8 Å². The number of fused-ring (bicyclic) bond motifs is 1. The van der Waals surface area contributed by atoms with Crippen LogP contribution in [0.3, 0.4) is 0 Å². The molecule has 0 radical (unpaired) electrons. The first-order chi connectivity index (χ1) is 15.5. The van der Waals surface area contributed by atoms with Crippen LogP contribution in [0.5, 0.6) is 5.75 Å². The molecule has 0 atom stereocenters. The SMILES string of the molecule is Cc1ccc(C(=O)Oc2ccc3ccccc3c2/C=N/NC(=O)c2ccccc2Cl)cc1. The summed E-state index contributed by atoms with van der Waals surface area (Å²) in [7, 11) is 0. The lowest BCUT2D eigenvalue weighted by atomic mass is 10.0. The zero-order valence-electron chi connectivity index (χ0n) is 17.2. The number of hydrazone groups is 1. The van der Waals surface area contributed by atoms with E-state index >= 15 is 0 Å². The van der Waals surface area contributed by atoms with E-state index in [9.17, 15) is 9.59 Å². The summed E-state index contributed by atoms with van der Waals surface area (Å²) >= 11 is 6.07. The third-order valence-corrected chi connectivity index (χ3v) is 5.23. The van der Waals surface area contributed by atoms with Gasteiger partial charge in [0.15, 0.2) is 0 Å². The molecule has 4 rings (SSSR count). The van der Waals surface area contributed by atoms with Crippen molar-refractivity contribution in [1.82, 2.24) is 5.43 Å². The van der Waals surface area contributed by atoms with Crippen LogP contribution in [0.4, 0.5) is 0 Å². The van der Waals surface area contributed by atoms with Crippen molar-refractivity contribution in [2.24, 2.45) is 5.10 Å². The molecule has 0 aromatic heterocycles. The van der Waals surface area contributed by atoms with Gasteiger partial charge >= 0.3 is 5.97 Å². The molecule has 0 aliphatic rings. The average Bonchev–Trinajstić information content (AvgIpc) is 2.80. The summed E-state index contributed by atoms with van der Waals surface area (Å²) in [5.41, 5.74) is 4.86. The molecule has 0 fully saturated rings. The summed E-state index contributed by atoms with van der Waals surface area (Å²) in [5.74, 6) is -0.578. The summed E-state index contributed by atoms with van der Waals surface area (Å²) in [4.78, 5) is 25.1. The summed E-state index contributed by atoms with van der Waals surface area (Å²) in [6, 6.07) is 25.1. The molecule has 158 valence electrons. The monoisotopic (exact) mass is 442 g/mol. The minimum Gasteiger partial charge on any atom is -0.422 e. The van der Waals surface area contributed by atoms with E-state index in [0.29, 0.717) is 27.5 Å². The lowest BCUT2D eigenvalue weighted by Gasteiger charge is -2.11. The Kier molecular flexibility index (Phi) is 6.29.